The lowest BCUT2D eigenvalue weighted by Crippen LogP contribution is -2.53. The lowest BCUT2D eigenvalue weighted by atomic mass is 9.95. The number of carbonyl (C=O) groups is 2. The van der Waals surface area contributed by atoms with Crippen molar-refractivity contribution in [2.75, 3.05) is 23.9 Å². The van der Waals surface area contributed by atoms with Crippen LogP contribution in [0.3, 0.4) is 0 Å². The second-order valence-corrected chi connectivity index (χ2v) is 12.0. The molecule has 0 bridgehead atoms. The molecule has 206 valence electrons. The molecule has 1 atom stereocenters. The number of ether oxygens (including phenoxy) is 2. The highest BCUT2D eigenvalue weighted by Crippen LogP contribution is 2.36. The Morgan fingerprint density at radius 3 is 2.47 bits per heavy atom. The molecule has 2 aromatic carbocycles. The molecule has 9 nitrogen and oxygen atoms in total. The molecule has 1 aliphatic carbocycles. The molecule has 1 saturated carbocycles. The summed E-state index contributed by atoms with van der Waals surface area (Å²) in [5, 5.41) is 3.15. The van der Waals surface area contributed by atoms with Crippen molar-refractivity contribution in [2.45, 2.75) is 71.0 Å². The molecule has 2 aromatic rings. The minimum atomic E-state index is -3.83. The van der Waals surface area contributed by atoms with E-state index in [2.05, 4.69) is 5.32 Å². The molecule has 2 aliphatic rings. The monoisotopic (exact) mass is 543 g/mol. The molecule has 0 aromatic heterocycles. The summed E-state index contributed by atoms with van der Waals surface area (Å²) in [5.74, 6) is 0.271. The van der Waals surface area contributed by atoms with E-state index in [1.54, 1.807) is 18.2 Å². The molecule has 2 amide bonds. The Balaban J connectivity index is 1.62. The second-order valence-electron chi connectivity index (χ2n) is 10.1. The average molecular weight is 544 g/mol. The number of nitrogens with one attached hydrogen (secondary N) is 1. The number of aryl methyl sites for hydroxylation is 1. The number of benzene rings is 2. The minimum absolute atomic E-state index is 0.0507. The van der Waals surface area contributed by atoms with Gasteiger partial charge in [0.05, 0.1) is 11.9 Å². The zero-order valence-corrected chi connectivity index (χ0v) is 23.1. The van der Waals surface area contributed by atoms with E-state index in [1.807, 2.05) is 38.1 Å². The van der Waals surface area contributed by atoms with Crippen LogP contribution in [0.25, 0.3) is 0 Å². The quantitative estimate of drug-likeness (QED) is 0.490. The summed E-state index contributed by atoms with van der Waals surface area (Å²) in [5.41, 5.74) is 2.20. The van der Waals surface area contributed by atoms with E-state index in [1.165, 1.54) is 11.3 Å². The fourth-order valence-corrected chi connectivity index (χ4v) is 5.97. The lowest BCUT2D eigenvalue weighted by Gasteiger charge is -2.34. The molecule has 0 unspecified atom stereocenters. The van der Waals surface area contributed by atoms with Crippen molar-refractivity contribution in [2.24, 2.45) is 0 Å². The Labute approximate surface area is 225 Å². The van der Waals surface area contributed by atoms with Crippen molar-refractivity contribution in [1.82, 2.24) is 10.2 Å². The van der Waals surface area contributed by atoms with E-state index >= 15 is 0 Å². The van der Waals surface area contributed by atoms with Crippen LogP contribution >= 0.6 is 0 Å². The van der Waals surface area contributed by atoms with Gasteiger partial charge in [-0.25, -0.2) is 8.42 Å². The number of hydrogen-bond donors (Lipinski definition) is 1. The fourth-order valence-electron chi connectivity index (χ4n) is 5.13. The van der Waals surface area contributed by atoms with Crippen molar-refractivity contribution >= 4 is 27.5 Å². The molecule has 4 rings (SSSR count). The lowest BCUT2D eigenvalue weighted by molar-refractivity contribution is -0.140. The van der Waals surface area contributed by atoms with Crippen LogP contribution in [-0.4, -0.2) is 56.8 Å². The number of amides is 2. The maximum atomic E-state index is 13.9. The first-order valence-electron chi connectivity index (χ1n) is 13.2. The van der Waals surface area contributed by atoms with Gasteiger partial charge in [-0.1, -0.05) is 56.0 Å². The van der Waals surface area contributed by atoms with E-state index in [4.69, 9.17) is 9.47 Å². The molecule has 0 saturated heterocycles. The fraction of sp³-hybridized carbons (Fsp3) is 0.500. The number of carbonyl (C=O) groups excluding carboxylic acids is 2. The third-order valence-corrected chi connectivity index (χ3v) is 8.24. The summed E-state index contributed by atoms with van der Waals surface area (Å²) in [6.45, 7) is 3.63. The summed E-state index contributed by atoms with van der Waals surface area (Å²) in [6, 6.07) is 11.9. The van der Waals surface area contributed by atoms with Crippen molar-refractivity contribution < 1.29 is 27.5 Å². The Hall–Kier alpha value is -3.27. The topological polar surface area (TPSA) is 105 Å². The van der Waals surface area contributed by atoms with Gasteiger partial charge in [-0.15, -0.1) is 0 Å². The molecule has 0 radical (unpaired) electrons. The van der Waals surface area contributed by atoms with Gasteiger partial charge in [-0.05, 0) is 43.9 Å². The number of anilines is 1. The predicted octanol–water partition coefficient (Wildman–Crippen LogP) is 3.75. The maximum Gasteiger partial charge on any atom is 0.244 e. The van der Waals surface area contributed by atoms with Crippen LogP contribution in [0.5, 0.6) is 11.5 Å². The van der Waals surface area contributed by atoms with Gasteiger partial charge in [0.1, 0.15) is 12.6 Å². The molecule has 1 N–H and O–H groups in total. The largest absolute Gasteiger partial charge is 0.454 e. The molecule has 1 fully saturated rings. The van der Waals surface area contributed by atoms with Crippen molar-refractivity contribution in [3.63, 3.8) is 0 Å². The molecular formula is C28H37N3O6S. The normalized spacial score (nSPS) is 16.1. The molecule has 38 heavy (non-hydrogen) atoms. The van der Waals surface area contributed by atoms with Crippen LogP contribution in [0.2, 0.25) is 0 Å². The first kappa shape index (κ1) is 27.8. The highest BCUT2D eigenvalue weighted by Gasteiger charge is 2.33. The van der Waals surface area contributed by atoms with Gasteiger partial charge >= 0.3 is 0 Å². The van der Waals surface area contributed by atoms with Gasteiger partial charge in [-0.3, -0.25) is 13.9 Å². The van der Waals surface area contributed by atoms with Crippen LogP contribution < -0.4 is 19.1 Å². The number of nitrogens with zero attached hydrogens (tertiary/aromatic N) is 2. The van der Waals surface area contributed by atoms with E-state index in [0.29, 0.717) is 23.6 Å². The molecule has 0 spiro atoms. The van der Waals surface area contributed by atoms with Crippen molar-refractivity contribution in [3.8, 4) is 11.5 Å². The number of fused-ring (bicyclic) bond motifs is 1. The Kier molecular flexibility index (Phi) is 8.81. The zero-order chi connectivity index (χ0) is 27.3. The van der Waals surface area contributed by atoms with Crippen LogP contribution in [0.4, 0.5) is 5.69 Å². The summed E-state index contributed by atoms with van der Waals surface area (Å²) in [4.78, 5) is 28.8. The summed E-state index contributed by atoms with van der Waals surface area (Å²) < 4.78 is 37.5. The third-order valence-electron chi connectivity index (χ3n) is 7.10. The number of rotatable bonds is 10. The summed E-state index contributed by atoms with van der Waals surface area (Å²) in [6.07, 6.45) is 6.64. The van der Waals surface area contributed by atoms with Gasteiger partial charge in [-0.2, -0.15) is 0 Å². The molecule has 1 aliphatic heterocycles. The molecule has 10 heteroatoms. The summed E-state index contributed by atoms with van der Waals surface area (Å²) in [7, 11) is -3.83. The van der Waals surface area contributed by atoms with Crippen molar-refractivity contribution in [3.05, 3.63) is 53.6 Å². The van der Waals surface area contributed by atoms with Crippen LogP contribution in [0, 0.1) is 6.92 Å². The maximum absolute atomic E-state index is 13.9. The summed E-state index contributed by atoms with van der Waals surface area (Å²) >= 11 is 0. The van der Waals surface area contributed by atoms with E-state index in [0.717, 1.165) is 47.4 Å². The number of sulfonamides is 1. The Morgan fingerprint density at radius 1 is 1.05 bits per heavy atom. The van der Waals surface area contributed by atoms with E-state index in [-0.39, 0.29) is 25.3 Å². The third kappa shape index (κ3) is 6.78. The number of hydrogen-bond acceptors (Lipinski definition) is 6. The van der Waals surface area contributed by atoms with Crippen molar-refractivity contribution in [1.29, 1.82) is 0 Å². The highest BCUT2D eigenvalue weighted by atomic mass is 32.2. The SMILES string of the molecule is CC[C@@H](C(=O)NC1CCCCC1)N(Cc1cccc(C)c1)C(=O)CN(c1ccc2c(c1)OCO2)S(C)(=O)=O. The Morgan fingerprint density at radius 2 is 1.79 bits per heavy atom. The zero-order valence-electron chi connectivity index (χ0n) is 22.3. The van der Waals surface area contributed by atoms with Gasteiger partial charge in [0.25, 0.3) is 0 Å². The Bertz CT molecular complexity index is 1260. The predicted molar refractivity (Wildman–Crippen MR) is 146 cm³/mol. The minimum Gasteiger partial charge on any atom is -0.454 e. The first-order chi connectivity index (χ1) is 18.2. The molecular weight excluding hydrogens is 506 g/mol. The second kappa shape index (κ2) is 12.1. The van der Waals surface area contributed by atoms with E-state index in [9.17, 15) is 18.0 Å². The van der Waals surface area contributed by atoms with Gasteiger partial charge < -0.3 is 19.7 Å². The van der Waals surface area contributed by atoms with Gasteiger partial charge in [0, 0.05) is 18.7 Å². The smallest absolute Gasteiger partial charge is 0.244 e. The molecule has 1 heterocycles. The van der Waals surface area contributed by atoms with E-state index < -0.39 is 28.5 Å². The van der Waals surface area contributed by atoms with Crippen LogP contribution in [0.15, 0.2) is 42.5 Å². The van der Waals surface area contributed by atoms with Gasteiger partial charge in [0.2, 0.25) is 28.6 Å². The average Bonchev–Trinajstić information content (AvgIpc) is 3.35. The van der Waals surface area contributed by atoms with Crippen LogP contribution in [0.1, 0.15) is 56.6 Å². The standard InChI is InChI=1S/C28H37N3O6S/c1-4-24(28(33)29-22-11-6-5-7-12-22)30(17-21-10-8-9-20(2)15-21)27(32)18-31(38(3,34)35)23-13-14-25-26(16-23)37-19-36-25/h8-10,13-16,22,24H,4-7,11-12,17-19H2,1-3H3,(H,29,33)/t24-/m0/s1. The van der Waals surface area contributed by atoms with Gasteiger partial charge in [0.15, 0.2) is 11.5 Å². The first-order valence-corrected chi connectivity index (χ1v) is 15.0. The highest BCUT2D eigenvalue weighted by molar-refractivity contribution is 7.92. The van der Waals surface area contributed by atoms with Crippen LogP contribution in [-0.2, 0) is 26.2 Å².